The van der Waals surface area contributed by atoms with Crippen LogP contribution in [-0.2, 0) is 15.4 Å². The van der Waals surface area contributed by atoms with Crippen molar-refractivity contribution in [2.45, 2.75) is 24.2 Å². The van der Waals surface area contributed by atoms with Gasteiger partial charge in [-0.25, -0.2) is 13.1 Å². The number of sulfonamides is 1. The zero-order chi connectivity index (χ0) is 17.4. The van der Waals surface area contributed by atoms with Gasteiger partial charge in [0.15, 0.2) is 0 Å². The Kier molecular flexibility index (Phi) is 4.38. The van der Waals surface area contributed by atoms with Crippen LogP contribution in [0.4, 0.5) is 0 Å². The molecule has 0 spiro atoms. The predicted octanol–water partition coefficient (Wildman–Crippen LogP) is 2.29. The van der Waals surface area contributed by atoms with E-state index in [0.29, 0.717) is 6.61 Å². The summed E-state index contributed by atoms with van der Waals surface area (Å²) in [6, 6.07) is 12.8. The molecule has 0 saturated heterocycles. The van der Waals surface area contributed by atoms with E-state index in [1.54, 1.807) is 24.3 Å². The van der Waals surface area contributed by atoms with Crippen LogP contribution in [-0.4, -0.2) is 33.3 Å². The van der Waals surface area contributed by atoms with Gasteiger partial charge in [-0.15, -0.1) is 0 Å². The average Bonchev–Trinajstić information content (AvgIpc) is 2.88. The zero-order valence-electron chi connectivity index (χ0n) is 13.7. The van der Waals surface area contributed by atoms with Gasteiger partial charge in [-0.1, -0.05) is 38.1 Å². The minimum absolute atomic E-state index is 0.00202. The smallest absolute Gasteiger partial charge is 0.240 e. The molecular weight excluding hydrogens is 326 g/mol. The lowest BCUT2D eigenvalue weighted by molar-refractivity contribution is 0.291. The lowest BCUT2D eigenvalue weighted by atomic mass is 9.86. The molecule has 0 saturated carbocycles. The van der Waals surface area contributed by atoms with Crippen molar-refractivity contribution >= 4 is 10.0 Å². The van der Waals surface area contributed by atoms with Gasteiger partial charge in [0, 0.05) is 17.5 Å². The number of hydrogen-bond donors (Lipinski definition) is 2. The van der Waals surface area contributed by atoms with E-state index in [-0.39, 0.29) is 23.5 Å². The Morgan fingerprint density at radius 1 is 1.12 bits per heavy atom. The van der Waals surface area contributed by atoms with Crippen molar-refractivity contribution in [3.05, 3.63) is 48.0 Å². The van der Waals surface area contributed by atoms with Gasteiger partial charge in [-0.3, -0.25) is 0 Å². The summed E-state index contributed by atoms with van der Waals surface area (Å²) in [4.78, 5) is 0.179. The van der Waals surface area contributed by atoms with E-state index in [2.05, 4.69) is 24.6 Å². The fraction of sp³-hybridized carbons (Fsp3) is 0.333. The maximum atomic E-state index is 12.0. The first-order valence-electron chi connectivity index (χ1n) is 7.82. The molecule has 5 nitrogen and oxygen atoms in total. The van der Waals surface area contributed by atoms with E-state index < -0.39 is 10.0 Å². The van der Waals surface area contributed by atoms with Crippen molar-refractivity contribution in [1.82, 2.24) is 4.72 Å². The number of aliphatic hydroxyl groups is 1. The molecule has 6 heteroatoms. The second-order valence-electron chi connectivity index (χ2n) is 6.53. The molecular formula is C18H21NO4S. The van der Waals surface area contributed by atoms with Crippen LogP contribution < -0.4 is 9.46 Å². The van der Waals surface area contributed by atoms with Gasteiger partial charge in [0.2, 0.25) is 10.0 Å². The molecule has 0 aliphatic carbocycles. The number of fused-ring (bicyclic) bond motifs is 1. The monoisotopic (exact) mass is 347 g/mol. The average molecular weight is 347 g/mol. The van der Waals surface area contributed by atoms with Gasteiger partial charge in [-0.05, 0) is 29.3 Å². The van der Waals surface area contributed by atoms with Crippen molar-refractivity contribution in [3.8, 4) is 16.9 Å². The number of rotatable bonds is 5. The summed E-state index contributed by atoms with van der Waals surface area (Å²) in [5, 5.41) is 8.74. The number of benzene rings is 2. The van der Waals surface area contributed by atoms with Crippen LogP contribution in [0, 0.1) is 0 Å². The van der Waals surface area contributed by atoms with Crippen molar-refractivity contribution in [3.63, 3.8) is 0 Å². The molecule has 24 heavy (non-hydrogen) atoms. The van der Waals surface area contributed by atoms with Crippen molar-refractivity contribution in [2.24, 2.45) is 0 Å². The summed E-state index contributed by atoms with van der Waals surface area (Å²) >= 11 is 0. The Labute approximate surface area is 142 Å². The third kappa shape index (κ3) is 3.17. The Bertz CT molecular complexity index is 842. The van der Waals surface area contributed by atoms with Crippen molar-refractivity contribution in [2.75, 3.05) is 19.8 Å². The molecule has 0 atom stereocenters. The summed E-state index contributed by atoms with van der Waals surface area (Å²) in [5.74, 6) is 0.888. The molecule has 2 aromatic carbocycles. The molecule has 0 unspecified atom stereocenters. The number of aliphatic hydroxyl groups excluding tert-OH is 1. The molecule has 1 aliphatic heterocycles. The van der Waals surface area contributed by atoms with Gasteiger partial charge in [-0.2, -0.15) is 0 Å². The lowest BCUT2D eigenvalue weighted by Crippen LogP contribution is -2.26. The highest BCUT2D eigenvalue weighted by molar-refractivity contribution is 7.89. The topological polar surface area (TPSA) is 75.6 Å². The quantitative estimate of drug-likeness (QED) is 0.870. The summed E-state index contributed by atoms with van der Waals surface area (Å²) in [6.45, 7) is 4.74. The van der Waals surface area contributed by atoms with Gasteiger partial charge < -0.3 is 9.84 Å². The van der Waals surface area contributed by atoms with Crippen LogP contribution in [0.2, 0.25) is 0 Å². The normalized spacial score (nSPS) is 15.8. The highest BCUT2D eigenvalue weighted by atomic mass is 32.2. The first-order valence-corrected chi connectivity index (χ1v) is 9.30. The van der Waals surface area contributed by atoms with Crippen LogP contribution in [0.1, 0.15) is 19.4 Å². The fourth-order valence-electron chi connectivity index (χ4n) is 2.81. The molecule has 128 valence electrons. The summed E-state index contributed by atoms with van der Waals surface area (Å²) in [5.41, 5.74) is 3.12. The third-order valence-corrected chi connectivity index (χ3v) is 5.68. The molecule has 3 rings (SSSR count). The highest BCUT2D eigenvalue weighted by Gasteiger charge is 2.31. The van der Waals surface area contributed by atoms with Gasteiger partial charge in [0.05, 0.1) is 18.1 Å². The van der Waals surface area contributed by atoms with E-state index in [4.69, 9.17) is 9.84 Å². The summed E-state index contributed by atoms with van der Waals surface area (Å²) in [7, 11) is -3.58. The third-order valence-electron chi connectivity index (χ3n) is 4.20. The van der Waals surface area contributed by atoms with Gasteiger partial charge >= 0.3 is 0 Å². The number of nitrogens with one attached hydrogen (secondary N) is 1. The minimum atomic E-state index is -3.58. The lowest BCUT2D eigenvalue weighted by Gasteiger charge is -2.15. The van der Waals surface area contributed by atoms with Gasteiger partial charge in [0.1, 0.15) is 5.75 Å². The minimum Gasteiger partial charge on any atom is -0.492 e. The molecule has 2 aromatic rings. The summed E-state index contributed by atoms with van der Waals surface area (Å²) in [6.07, 6.45) is 0. The summed E-state index contributed by atoms with van der Waals surface area (Å²) < 4.78 is 32.1. The first kappa shape index (κ1) is 17.0. The molecule has 0 aromatic heterocycles. The van der Waals surface area contributed by atoms with E-state index in [1.807, 2.05) is 12.1 Å². The van der Waals surface area contributed by atoms with Crippen molar-refractivity contribution < 1.29 is 18.3 Å². The predicted molar refractivity (Wildman–Crippen MR) is 92.7 cm³/mol. The molecule has 0 fully saturated rings. The number of ether oxygens (including phenoxy) is 1. The van der Waals surface area contributed by atoms with Crippen LogP contribution in [0.15, 0.2) is 47.4 Å². The Morgan fingerprint density at radius 2 is 1.79 bits per heavy atom. The Hall–Kier alpha value is -1.89. The maximum Gasteiger partial charge on any atom is 0.240 e. The second-order valence-corrected chi connectivity index (χ2v) is 8.30. The number of hydrogen-bond acceptors (Lipinski definition) is 4. The largest absolute Gasteiger partial charge is 0.492 e. The van der Waals surface area contributed by atoms with Crippen LogP contribution in [0.25, 0.3) is 11.1 Å². The molecule has 0 bridgehead atoms. The van der Waals surface area contributed by atoms with Crippen LogP contribution in [0.5, 0.6) is 5.75 Å². The van der Waals surface area contributed by atoms with Crippen molar-refractivity contribution in [1.29, 1.82) is 0 Å². The van der Waals surface area contributed by atoms with E-state index in [0.717, 1.165) is 16.9 Å². The van der Waals surface area contributed by atoms with Crippen LogP contribution in [0.3, 0.4) is 0 Å². The highest BCUT2D eigenvalue weighted by Crippen LogP contribution is 2.40. The second kappa shape index (κ2) is 6.20. The van der Waals surface area contributed by atoms with E-state index in [9.17, 15) is 8.42 Å². The Morgan fingerprint density at radius 3 is 2.46 bits per heavy atom. The fourth-order valence-corrected chi connectivity index (χ4v) is 3.83. The zero-order valence-corrected chi connectivity index (χ0v) is 14.6. The molecule has 2 N–H and O–H groups in total. The maximum absolute atomic E-state index is 12.0. The standard InChI is InChI=1S/C18H21NO4S/c1-18(2)12-23-17-11-14(5-8-16(17)18)13-3-6-15(7-4-13)24(21,22)19-9-10-20/h3-8,11,19-20H,9-10,12H2,1-2H3. The molecule has 1 aliphatic rings. The first-order chi connectivity index (χ1) is 11.3. The van der Waals surface area contributed by atoms with E-state index in [1.165, 1.54) is 5.56 Å². The SMILES string of the molecule is CC1(C)COc2cc(-c3ccc(S(=O)(=O)NCCO)cc3)ccc21. The molecule has 1 heterocycles. The van der Waals surface area contributed by atoms with Crippen LogP contribution >= 0.6 is 0 Å². The molecule has 0 amide bonds. The van der Waals surface area contributed by atoms with E-state index >= 15 is 0 Å². The Balaban J connectivity index is 1.87. The van der Waals surface area contributed by atoms with Gasteiger partial charge in [0.25, 0.3) is 0 Å². The molecule has 0 radical (unpaired) electrons.